The first kappa shape index (κ1) is 16.9. The van der Waals surface area contributed by atoms with Crippen molar-refractivity contribution < 1.29 is 13.3 Å². The van der Waals surface area contributed by atoms with Gasteiger partial charge < -0.3 is 4.90 Å². The fraction of sp³-hybridized carbons (Fsp3) is 0.200. The Morgan fingerprint density at radius 1 is 1.04 bits per heavy atom. The molecule has 7 nitrogen and oxygen atoms in total. The van der Waals surface area contributed by atoms with Crippen molar-refractivity contribution in [1.82, 2.24) is 4.72 Å². The number of hydrogen-bond donors (Lipinski definition) is 1. The molecule has 0 bridgehead atoms. The van der Waals surface area contributed by atoms with E-state index in [0.717, 1.165) is 11.3 Å². The maximum absolute atomic E-state index is 12.2. The zero-order valence-corrected chi connectivity index (χ0v) is 13.6. The molecule has 0 aromatic heterocycles. The van der Waals surface area contributed by atoms with Gasteiger partial charge in [0.25, 0.3) is 5.69 Å². The molecule has 0 fully saturated rings. The molecule has 2 aromatic carbocycles. The van der Waals surface area contributed by atoms with Crippen molar-refractivity contribution in [3.63, 3.8) is 0 Å². The van der Waals surface area contributed by atoms with Crippen molar-refractivity contribution >= 4 is 21.4 Å². The maximum atomic E-state index is 12.2. The van der Waals surface area contributed by atoms with Crippen LogP contribution < -0.4 is 9.62 Å². The molecule has 0 aliphatic heterocycles. The standard InChI is InChI=1S/C15H17N3O4S/c1-17(2)13-5-3-12(4-6-13)11-16-23(21,22)15-9-7-14(8-10-15)18(19)20/h3-10,16H,11H2,1-2H3. The van der Waals surface area contributed by atoms with Gasteiger partial charge in [0, 0.05) is 38.5 Å². The van der Waals surface area contributed by atoms with E-state index in [1.807, 2.05) is 43.3 Å². The maximum Gasteiger partial charge on any atom is 0.269 e. The Balaban J connectivity index is 2.07. The van der Waals surface area contributed by atoms with Gasteiger partial charge in [0.2, 0.25) is 10.0 Å². The van der Waals surface area contributed by atoms with Gasteiger partial charge in [0.05, 0.1) is 9.82 Å². The molecule has 8 heteroatoms. The molecule has 0 radical (unpaired) electrons. The van der Waals surface area contributed by atoms with Crippen LogP contribution in [-0.2, 0) is 16.6 Å². The van der Waals surface area contributed by atoms with Crippen LogP contribution in [0.3, 0.4) is 0 Å². The van der Waals surface area contributed by atoms with Gasteiger partial charge in [-0.05, 0) is 29.8 Å². The van der Waals surface area contributed by atoms with Crippen molar-refractivity contribution in [3.8, 4) is 0 Å². The zero-order valence-electron chi connectivity index (χ0n) is 12.8. The van der Waals surface area contributed by atoms with Gasteiger partial charge in [-0.15, -0.1) is 0 Å². The van der Waals surface area contributed by atoms with Crippen LogP contribution in [0.1, 0.15) is 5.56 Å². The number of nitrogens with one attached hydrogen (secondary N) is 1. The number of sulfonamides is 1. The van der Waals surface area contributed by atoms with Crippen molar-refractivity contribution in [1.29, 1.82) is 0 Å². The summed E-state index contributed by atoms with van der Waals surface area (Å²) >= 11 is 0. The van der Waals surface area contributed by atoms with E-state index in [0.29, 0.717) is 0 Å². The van der Waals surface area contributed by atoms with Crippen LogP contribution in [0.5, 0.6) is 0 Å². The average Bonchev–Trinajstić information content (AvgIpc) is 2.53. The third-order valence-electron chi connectivity index (χ3n) is 3.28. The van der Waals surface area contributed by atoms with E-state index in [-0.39, 0.29) is 17.1 Å². The fourth-order valence-electron chi connectivity index (χ4n) is 1.92. The quantitative estimate of drug-likeness (QED) is 0.645. The number of hydrogen-bond acceptors (Lipinski definition) is 5. The Morgan fingerprint density at radius 3 is 2.09 bits per heavy atom. The van der Waals surface area contributed by atoms with Gasteiger partial charge in [0.15, 0.2) is 0 Å². The highest BCUT2D eigenvalue weighted by atomic mass is 32.2. The molecule has 1 N–H and O–H groups in total. The van der Waals surface area contributed by atoms with Gasteiger partial charge in [-0.25, -0.2) is 13.1 Å². The highest BCUT2D eigenvalue weighted by molar-refractivity contribution is 7.89. The molecule has 23 heavy (non-hydrogen) atoms. The van der Waals surface area contributed by atoms with Crippen LogP contribution in [-0.4, -0.2) is 27.4 Å². The summed E-state index contributed by atoms with van der Waals surface area (Å²) in [6.07, 6.45) is 0. The van der Waals surface area contributed by atoms with E-state index in [1.54, 1.807) is 0 Å². The number of rotatable bonds is 6. The molecule has 0 amide bonds. The van der Waals surface area contributed by atoms with Gasteiger partial charge in [0.1, 0.15) is 0 Å². The predicted octanol–water partition coefficient (Wildman–Crippen LogP) is 2.14. The van der Waals surface area contributed by atoms with E-state index in [4.69, 9.17) is 0 Å². The number of non-ortho nitro benzene ring substituents is 1. The van der Waals surface area contributed by atoms with Crippen molar-refractivity contribution in [2.75, 3.05) is 19.0 Å². The molecule has 0 spiro atoms. The number of nitrogens with zero attached hydrogens (tertiary/aromatic N) is 2. The van der Waals surface area contributed by atoms with Gasteiger partial charge in [-0.3, -0.25) is 10.1 Å². The van der Waals surface area contributed by atoms with E-state index in [9.17, 15) is 18.5 Å². The number of nitro groups is 1. The highest BCUT2D eigenvalue weighted by Gasteiger charge is 2.15. The molecule has 0 saturated heterocycles. The first-order valence-corrected chi connectivity index (χ1v) is 8.28. The Morgan fingerprint density at radius 2 is 1.61 bits per heavy atom. The summed E-state index contributed by atoms with van der Waals surface area (Å²) in [5, 5.41) is 10.6. The minimum Gasteiger partial charge on any atom is -0.378 e. The molecule has 0 aliphatic rings. The van der Waals surface area contributed by atoms with Crippen molar-refractivity contribution in [2.45, 2.75) is 11.4 Å². The van der Waals surface area contributed by atoms with E-state index < -0.39 is 14.9 Å². The largest absolute Gasteiger partial charge is 0.378 e. The lowest BCUT2D eigenvalue weighted by Crippen LogP contribution is -2.23. The third kappa shape index (κ3) is 4.27. The van der Waals surface area contributed by atoms with E-state index in [1.165, 1.54) is 24.3 Å². The number of benzene rings is 2. The lowest BCUT2D eigenvalue weighted by atomic mass is 10.2. The Kier molecular flexibility index (Phi) is 4.97. The molecule has 0 aliphatic carbocycles. The lowest BCUT2D eigenvalue weighted by molar-refractivity contribution is -0.384. The average molecular weight is 335 g/mol. The second kappa shape index (κ2) is 6.76. The molecular weight excluding hydrogens is 318 g/mol. The third-order valence-corrected chi connectivity index (χ3v) is 4.69. The van der Waals surface area contributed by atoms with E-state index >= 15 is 0 Å². The monoisotopic (exact) mass is 335 g/mol. The number of anilines is 1. The molecule has 2 aromatic rings. The van der Waals surface area contributed by atoms with Crippen LogP contribution in [0.25, 0.3) is 0 Å². The first-order chi connectivity index (χ1) is 10.8. The van der Waals surface area contributed by atoms with Gasteiger partial charge >= 0.3 is 0 Å². The Labute approximate surface area is 134 Å². The van der Waals surface area contributed by atoms with Crippen molar-refractivity contribution in [2.24, 2.45) is 0 Å². The molecule has 0 heterocycles. The summed E-state index contributed by atoms with van der Waals surface area (Å²) in [6, 6.07) is 12.2. The van der Waals surface area contributed by atoms with Crippen molar-refractivity contribution in [3.05, 3.63) is 64.2 Å². The molecule has 0 unspecified atom stereocenters. The summed E-state index contributed by atoms with van der Waals surface area (Å²) < 4.78 is 26.8. The summed E-state index contributed by atoms with van der Waals surface area (Å²) in [5.74, 6) is 0. The van der Waals surface area contributed by atoms with Gasteiger partial charge in [-0.2, -0.15) is 0 Å². The SMILES string of the molecule is CN(C)c1ccc(CNS(=O)(=O)c2ccc([N+](=O)[O-])cc2)cc1. The number of nitro benzene ring substituents is 1. The molecule has 2 rings (SSSR count). The van der Waals surface area contributed by atoms with Crippen LogP contribution in [0.4, 0.5) is 11.4 Å². The molecule has 0 atom stereocenters. The fourth-order valence-corrected chi connectivity index (χ4v) is 2.94. The molecule has 122 valence electrons. The summed E-state index contributed by atoms with van der Waals surface area (Å²) in [5.41, 5.74) is 1.69. The minimum atomic E-state index is -3.71. The second-order valence-electron chi connectivity index (χ2n) is 5.14. The smallest absolute Gasteiger partial charge is 0.269 e. The summed E-state index contributed by atoms with van der Waals surface area (Å²) in [7, 11) is 0.135. The zero-order chi connectivity index (χ0) is 17.0. The van der Waals surface area contributed by atoms with Crippen LogP contribution >= 0.6 is 0 Å². The lowest BCUT2D eigenvalue weighted by Gasteiger charge is -2.13. The van der Waals surface area contributed by atoms with Gasteiger partial charge in [-0.1, -0.05) is 12.1 Å². The Hall–Kier alpha value is -2.45. The summed E-state index contributed by atoms with van der Waals surface area (Å²) in [4.78, 5) is 12.0. The second-order valence-corrected chi connectivity index (χ2v) is 6.90. The highest BCUT2D eigenvalue weighted by Crippen LogP contribution is 2.16. The van der Waals surface area contributed by atoms with Crippen LogP contribution in [0.2, 0.25) is 0 Å². The molecular formula is C15H17N3O4S. The van der Waals surface area contributed by atoms with E-state index in [2.05, 4.69) is 4.72 Å². The minimum absolute atomic E-state index is 0.00647. The normalized spacial score (nSPS) is 11.2. The topological polar surface area (TPSA) is 92.6 Å². The van der Waals surface area contributed by atoms with Crippen LogP contribution in [0.15, 0.2) is 53.4 Å². The molecule has 0 saturated carbocycles. The predicted molar refractivity (Wildman–Crippen MR) is 87.9 cm³/mol. The first-order valence-electron chi connectivity index (χ1n) is 6.80. The van der Waals surface area contributed by atoms with Crippen LogP contribution in [0, 0.1) is 10.1 Å². The Bertz CT molecular complexity index is 784. The summed E-state index contributed by atoms with van der Waals surface area (Å²) in [6.45, 7) is 0.146.